The van der Waals surface area contributed by atoms with E-state index < -0.39 is 0 Å². The Balaban J connectivity index is 1.68. The number of nitrogens with one attached hydrogen (secondary N) is 1. The molecule has 106 valence electrons. The largest absolute Gasteiger partial charge is 0.394 e. The molecule has 0 aliphatic heterocycles. The smallest absolute Gasteiger partial charge is 0.0960 e. The van der Waals surface area contributed by atoms with Gasteiger partial charge in [-0.3, -0.25) is 0 Å². The fraction of sp³-hybridized carbons (Fsp3) is 0.643. The van der Waals surface area contributed by atoms with E-state index in [1.165, 1.54) is 12.8 Å². The van der Waals surface area contributed by atoms with Gasteiger partial charge in [-0.15, -0.1) is 11.8 Å². The maximum Gasteiger partial charge on any atom is 0.0960 e. The van der Waals surface area contributed by atoms with Crippen LogP contribution in [0.1, 0.15) is 32.6 Å². The molecule has 2 rings (SSSR count). The molecule has 0 amide bonds. The normalized spacial score (nSPS) is 18.3. The highest BCUT2D eigenvalue weighted by Gasteiger charge is 2.31. The molecule has 1 aliphatic rings. The molecular weight excluding hydrogens is 324 g/mol. The van der Waals surface area contributed by atoms with Crippen LogP contribution in [0.15, 0.2) is 27.8 Å². The van der Waals surface area contributed by atoms with Gasteiger partial charge in [0.1, 0.15) is 0 Å². The van der Waals surface area contributed by atoms with Crippen molar-refractivity contribution in [2.24, 2.45) is 0 Å². The van der Waals surface area contributed by atoms with Crippen molar-refractivity contribution in [2.75, 3.05) is 12.4 Å². The average molecular weight is 345 g/mol. The first-order valence-corrected chi connectivity index (χ1v) is 8.52. The van der Waals surface area contributed by atoms with Gasteiger partial charge >= 0.3 is 0 Å². The fourth-order valence-corrected chi connectivity index (χ4v) is 3.03. The molecule has 1 fully saturated rings. The monoisotopic (exact) mass is 344 g/mol. The minimum atomic E-state index is -0.116. The molecule has 19 heavy (non-hydrogen) atoms. The minimum Gasteiger partial charge on any atom is -0.394 e. The Labute approximate surface area is 127 Å². The first kappa shape index (κ1) is 15.3. The van der Waals surface area contributed by atoms with Gasteiger partial charge in [-0.25, -0.2) is 4.98 Å². The summed E-state index contributed by atoms with van der Waals surface area (Å²) in [5, 5.41) is 14.1. The fourth-order valence-electron chi connectivity index (χ4n) is 2.00. The van der Waals surface area contributed by atoms with Crippen molar-refractivity contribution in [3.8, 4) is 0 Å². The van der Waals surface area contributed by atoms with Crippen LogP contribution in [0.25, 0.3) is 0 Å². The van der Waals surface area contributed by atoms with Gasteiger partial charge in [0.15, 0.2) is 0 Å². The lowest BCUT2D eigenvalue weighted by Crippen LogP contribution is -2.46. The molecule has 2 N–H and O–H groups in total. The molecule has 1 atom stereocenters. The zero-order chi connectivity index (χ0) is 13.7. The van der Waals surface area contributed by atoms with Crippen LogP contribution in [0.4, 0.5) is 0 Å². The van der Waals surface area contributed by atoms with Gasteiger partial charge in [-0.2, -0.15) is 0 Å². The van der Waals surface area contributed by atoms with Crippen molar-refractivity contribution in [3.63, 3.8) is 0 Å². The molecule has 0 aromatic carbocycles. The van der Waals surface area contributed by atoms with Crippen molar-refractivity contribution in [1.29, 1.82) is 0 Å². The Bertz CT molecular complexity index is 397. The number of hydrogen-bond acceptors (Lipinski definition) is 4. The number of pyridine rings is 1. The molecule has 1 heterocycles. The second-order valence-corrected chi connectivity index (χ2v) is 7.43. The van der Waals surface area contributed by atoms with Crippen LogP contribution >= 0.6 is 27.7 Å². The van der Waals surface area contributed by atoms with E-state index in [1.54, 1.807) is 11.8 Å². The molecular formula is C14H21BrN2OS. The van der Waals surface area contributed by atoms with Crippen LogP contribution < -0.4 is 5.32 Å². The van der Waals surface area contributed by atoms with Crippen LogP contribution in [-0.2, 0) is 0 Å². The lowest BCUT2D eigenvalue weighted by Gasteiger charge is -2.29. The van der Waals surface area contributed by atoms with Crippen molar-refractivity contribution in [3.05, 3.63) is 22.8 Å². The van der Waals surface area contributed by atoms with E-state index in [2.05, 4.69) is 33.2 Å². The third kappa shape index (κ3) is 5.42. The van der Waals surface area contributed by atoms with Crippen LogP contribution in [0.2, 0.25) is 0 Å². The zero-order valence-corrected chi connectivity index (χ0v) is 13.6. The second-order valence-electron chi connectivity index (χ2n) is 5.40. The number of nitrogens with zero attached hydrogens (tertiary/aromatic N) is 1. The van der Waals surface area contributed by atoms with Gasteiger partial charge in [-0.1, -0.05) is 0 Å². The number of aromatic nitrogens is 1. The Hall–Kier alpha value is -0.100. The first-order valence-electron chi connectivity index (χ1n) is 6.74. The molecule has 1 aromatic rings. The Kier molecular flexibility index (Phi) is 5.69. The predicted octanol–water partition coefficient (Wildman–Crippen LogP) is 3.22. The maximum atomic E-state index is 9.52. The van der Waals surface area contributed by atoms with Gasteiger partial charge in [0, 0.05) is 22.3 Å². The average Bonchev–Trinajstić information content (AvgIpc) is 3.21. The standard InChI is InChI=1S/C14H21BrN2OS/c1-14(10-18,17-12-4-5-12)7-2-8-19-13-6-3-11(15)9-16-13/h3,6,9,12,17-18H,2,4-5,7-8,10H2,1H3. The van der Waals surface area contributed by atoms with E-state index in [0.717, 1.165) is 28.1 Å². The predicted molar refractivity (Wildman–Crippen MR) is 83.5 cm³/mol. The highest BCUT2D eigenvalue weighted by atomic mass is 79.9. The lowest BCUT2D eigenvalue weighted by atomic mass is 9.97. The van der Waals surface area contributed by atoms with Crippen molar-refractivity contribution < 1.29 is 5.11 Å². The summed E-state index contributed by atoms with van der Waals surface area (Å²) < 4.78 is 1.01. The first-order chi connectivity index (χ1) is 9.11. The summed E-state index contributed by atoms with van der Waals surface area (Å²) in [5.41, 5.74) is -0.116. The van der Waals surface area contributed by atoms with E-state index in [0.29, 0.717) is 6.04 Å². The lowest BCUT2D eigenvalue weighted by molar-refractivity contribution is 0.163. The molecule has 0 bridgehead atoms. The van der Waals surface area contributed by atoms with E-state index >= 15 is 0 Å². The number of hydrogen-bond donors (Lipinski definition) is 2. The van der Waals surface area contributed by atoms with Gasteiger partial charge in [0.25, 0.3) is 0 Å². The molecule has 1 aromatic heterocycles. The summed E-state index contributed by atoms with van der Waals surface area (Å²) in [6.07, 6.45) is 6.43. The molecule has 1 unspecified atom stereocenters. The highest BCUT2D eigenvalue weighted by molar-refractivity contribution is 9.10. The van der Waals surface area contributed by atoms with E-state index in [-0.39, 0.29) is 12.1 Å². The van der Waals surface area contributed by atoms with E-state index in [4.69, 9.17) is 0 Å². The summed E-state index contributed by atoms with van der Waals surface area (Å²) in [4.78, 5) is 4.34. The Morgan fingerprint density at radius 3 is 2.89 bits per heavy atom. The molecule has 0 radical (unpaired) electrons. The Morgan fingerprint density at radius 2 is 2.32 bits per heavy atom. The molecule has 0 spiro atoms. The number of aliphatic hydroxyl groups is 1. The van der Waals surface area contributed by atoms with Crippen LogP contribution in [-0.4, -0.2) is 34.0 Å². The molecule has 1 saturated carbocycles. The quantitative estimate of drug-likeness (QED) is 0.561. The number of aliphatic hydroxyl groups excluding tert-OH is 1. The topological polar surface area (TPSA) is 45.2 Å². The van der Waals surface area contributed by atoms with Crippen LogP contribution in [0, 0.1) is 0 Å². The molecule has 3 nitrogen and oxygen atoms in total. The van der Waals surface area contributed by atoms with Crippen molar-refractivity contribution >= 4 is 27.7 Å². The molecule has 1 aliphatic carbocycles. The van der Waals surface area contributed by atoms with E-state index in [1.807, 2.05) is 18.3 Å². The summed E-state index contributed by atoms with van der Waals surface area (Å²) in [6, 6.07) is 4.68. The number of thioether (sulfide) groups is 1. The highest BCUT2D eigenvalue weighted by Crippen LogP contribution is 2.26. The minimum absolute atomic E-state index is 0.116. The summed E-state index contributed by atoms with van der Waals surface area (Å²) >= 11 is 5.16. The number of rotatable bonds is 8. The van der Waals surface area contributed by atoms with Gasteiger partial charge < -0.3 is 10.4 Å². The third-order valence-electron chi connectivity index (χ3n) is 3.30. The molecule has 5 heteroatoms. The molecule has 0 saturated heterocycles. The van der Waals surface area contributed by atoms with Crippen LogP contribution in [0.3, 0.4) is 0 Å². The van der Waals surface area contributed by atoms with Gasteiger partial charge in [0.05, 0.1) is 11.6 Å². The van der Waals surface area contributed by atoms with E-state index in [9.17, 15) is 5.11 Å². The van der Waals surface area contributed by atoms with Gasteiger partial charge in [0.2, 0.25) is 0 Å². The van der Waals surface area contributed by atoms with Crippen molar-refractivity contribution in [1.82, 2.24) is 10.3 Å². The maximum absolute atomic E-state index is 9.52. The summed E-state index contributed by atoms with van der Waals surface area (Å²) in [6.45, 7) is 2.33. The summed E-state index contributed by atoms with van der Waals surface area (Å²) in [5.74, 6) is 1.04. The zero-order valence-electron chi connectivity index (χ0n) is 11.2. The van der Waals surface area contributed by atoms with Crippen LogP contribution in [0.5, 0.6) is 0 Å². The number of halogens is 1. The SMILES string of the molecule is CC(CO)(CCCSc1ccc(Br)cn1)NC1CC1. The van der Waals surface area contributed by atoms with Crippen molar-refractivity contribution in [2.45, 2.75) is 49.2 Å². The Morgan fingerprint density at radius 1 is 1.53 bits per heavy atom. The third-order valence-corrected chi connectivity index (χ3v) is 4.80. The second kappa shape index (κ2) is 7.07. The van der Waals surface area contributed by atoms with Gasteiger partial charge in [-0.05, 0) is 66.4 Å². The summed E-state index contributed by atoms with van der Waals surface area (Å²) in [7, 11) is 0.